The normalized spacial score (nSPS) is 14.3. The molecule has 140 valence electrons. The number of halogens is 1. The van der Waals surface area contributed by atoms with E-state index in [4.69, 9.17) is 21.1 Å². The summed E-state index contributed by atoms with van der Waals surface area (Å²) in [5.41, 5.74) is 1.65. The minimum absolute atomic E-state index is 0.154. The summed E-state index contributed by atoms with van der Waals surface area (Å²) in [6.07, 6.45) is 2.34. The fraction of sp³-hybridized carbons (Fsp3) is 0.200. The van der Waals surface area contributed by atoms with E-state index in [0.717, 1.165) is 12.0 Å². The molecule has 0 saturated carbocycles. The molecule has 2 N–H and O–H groups in total. The van der Waals surface area contributed by atoms with Crippen molar-refractivity contribution < 1.29 is 19.1 Å². The maximum absolute atomic E-state index is 12.3. The van der Waals surface area contributed by atoms with Gasteiger partial charge in [-0.2, -0.15) is 0 Å². The second kappa shape index (κ2) is 8.70. The van der Waals surface area contributed by atoms with E-state index >= 15 is 0 Å². The van der Waals surface area contributed by atoms with Gasteiger partial charge in [0.15, 0.2) is 11.5 Å². The second-order valence-electron chi connectivity index (χ2n) is 5.93. The first-order chi connectivity index (χ1) is 13.1. The molecule has 0 unspecified atom stereocenters. The van der Waals surface area contributed by atoms with Crippen LogP contribution in [0.2, 0.25) is 5.02 Å². The number of carbonyl (C=O) groups excluding carboxylic acids is 2. The minimum Gasteiger partial charge on any atom is -0.449 e. The molecule has 0 aliphatic carbocycles. The van der Waals surface area contributed by atoms with E-state index in [9.17, 15) is 9.59 Å². The highest BCUT2D eigenvalue weighted by Crippen LogP contribution is 2.32. The molecule has 2 aromatic carbocycles. The van der Waals surface area contributed by atoms with Gasteiger partial charge in [-0.25, -0.2) is 0 Å². The third kappa shape index (κ3) is 4.87. The molecule has 0 spiro atoms. The number of carbonyl (C=O) groups is 2. The maximum atomic E-state index is 12.3. The van der Waals surface area contributed by atoms with Crippen molar-refractivity contribution in [2.24, 2.45) is 0 Å². The zero-order valence-corrected chi connectivity index (χ0v) is 15.5. The van der Waals surface area contributed by atoms with Gasteiger partial charge in [-0.05, 0) is 48.4 Å². The quantitative estimate of drug-likeness (QED) is 0.588. The van der Waals surface area contributed by atoms with Crippen molar-refractivity contribution in [3.05, 3.63) is 64.4 Å². The molecule has 3 rings (SSSR count). The fourth-order valence-corrected chi connectivity index (χ4v) is 2.77. The highest BCUT2D eigenvalue weighted by molar-refractivity contribution is 6.30. The highest BCUT2D eigenvalue weighted by Gasteiger charge is 2.23. The highest BCUT2D eigenvalue weighted by atomic mass is 35.5. The number of hydrogen-bond acceptors (Lipinski definition) is 4. The van der Waals surface area contributed by atoms with Crippen LogP contribution in [0, 0.1) is 0 Å². The molecule has 0 radical (unpaired) electrons. The van der Waals surface area contributed by atoms with Gasteiger partial charge in [0.05, 0.1) is 5.69 Å². The van der Waals surface area contributed by atoms with Crippen LogP contribution >= 0.6 is 11.6 Å². The Morgan fingerprint density at radius 3 is 2.93 bits per heavy atom. The van der Waals surface area contributed by atoms with E-state index in [1.54, 1.807) is 49.6 Å². The van der Waals surface area contributed by atoms with Crippen LogP contribution in [0.1, 0.15) is 22.3 Å². The Kier molecular flexibility index (Phi) is 6.11. The van der Waals surface area contributed by atoms with Gasteiger partial charge >= 0.3 is 0 Å². The molecule has 0 aromatic heterocycles. The molecule has 0 saturated heterocycles. The fourth-order valence-electron chi connectivity index (χ4n) is 2.57. The summed E-state index contributed by atoms with van der Waals surface area (Å²) < 4.78 is 10.6. The van der Waals surface area contributed by atoms with Crippen LogP contribution in [0.5, 0.6) is 5.75 Å². The smallest absolute Gasteiger partial charge is 0.291 e. The first-order valence-corrected chi connectivity index (χ1v) is 8.82. The summed E-state index contributed by atoms with van der Waals surface area (Å²) in [5, 5.41) is 6.12. The SMILES string of the molecule is COCCCNC(=O)c1ccc2c(c1)NC(=O)/C(=C\c1cccc(Cl)c1)O2. The summed E-state index contributed by atoms with van der Waals surface area (Å²) in [4.78, 5) is 24.5. The Bertz CT molecular complexity index is 895. The number of fused-ring (bicyclic) bond motifs is 1. The molecule has 0 fully saturated rings. The topological polar surface area (TPSA) is 76.7 Å². The maximum Gasteiger partial charge on any atom is 0.291 e. The Hall–Kier alpha value is -2.83. The minimum atomic E-state index is -0.389. The number of amides is 2. The van der Waals surface area contributed by atoms with Crippen molar-refractivity contribution in [2.45, 2.75) is 6.42 Å². The lowest BCUT2D eigenvalue weighted by Gasteiger charge is -2.20. The van der Waals surface area contributed by atoms with Gasteiger partial charge in [0.2, 0.25) is 0 Å². The molecular weight excluding hydrogens is 368 g/mol. The lowest BCUT2D eigenvalue weighted by Crippen LogP contribution is -2.27. The molecule has 7 heteroatoms. The second-order valence-corrected chi connectivity index (χ2v) is 6.37. The van der Waals surface area contributed by atoms with Gasteiger partial charge in [-0.3, -0.25) is 9.59 Å². The van der Waals surface area contributed by atoms with E-state index in [1.165, 1.54) is 0 Å². The largest absolute Gasteiger partial charge is 0.449 e. The first kappa shape index (κ1) is 18.9. The Balaban J connectivity index is 1.73. The molecule has 1 aliphatic rings. The van der Waals surface area contributed by atoms with Gasteiger partial charge in [0, 0.05) is 30.8 Å². The third-order valence-electron chi connectivity index (χ3n) is 3.89. The van der Waals surface area contributed by atoms with Crippen molar-refractivity contribution in [2.75, 3.05) is 25.6 Å². The molecule has 0 atom stereocenters. The van der Waals surface area contributed by atoms with Crippen LogP contribution in [0.4, 0.5) is 5.69 Å². The van der Waals surface area contributed by atoms with Crippen LogP contribution in [0.3, 0.4) is 0 Å². The predicted octanol–water partition coefficient (Wildman–Crippen LogP) is 3.48. The summed E-state index contributed by atoms with van der Waals surface area (Å²) in [5.74, 6) is 0.0175. The van der Waals surface area contributed by atoms with Crippen molar-refractivity contribution >= 4 is 35.2 Å². The van der Waals surface area contributed by atoms with Gasteiger partial charge < -0.3 is 20.1 Å². The summed E-state index contributed by atoms with van der Waals surface area (Å²) in [6.45, 7) is 1.09. The monoisotopic (exact) mass is 386 g/mol. The van der Waals surface area contributed by atoms with Gasteiger partial charge in [-0.1, -0.05) is 23.7 Å². The lowest BCUT2D eigenvalue weighted by atomic mass is 10.1. The molecule has 1 heterocycles. The zero-order valence-electron chi connectivity index (χ0n) is 14.8. The average molecular weight is 387 g/mol. The van der Waals surface area contributed by atoms with Crippen molar-refractivity contribution in [3.63, 3.8) is 0 Å². The Labute approximate surface area is 162 Å². The van der Waals surface area contributed by atoms with Gasteiger partial charge in [0.25, 0.3) is 11.8 Å². The van der Waals surface area contributed by atoms with E-state index in [1.807, 2.05) is 6.07 Å². The summed E-state index contributed by atoms with van der Waals surface area (Å²) in [7, 11) is 1.61. The van der Waals surface area contributed by atoms with Crippen LogP contribution < -0.4 is 15.4 Å². The standard InChI is InChI=1S/C20H19ClN2O4/c1-26-9-3-8-22-19(24)14-6-7-17-16(12-14)23-20(25)18(27-17)11-13-4-2-5-15(21)10-13/h2,4-7,10-12H,3,8-9H2,1H3,(H,22,24)(H,23,25)/b18-11+. The Morgan fingerprint density at radius 2 is 2.15 bits per heavy atom. The number of hydrogen-bond donors (Lipinski definition) is 2. The van der Waals surface area contributed by atoms with Crippen molar-refractivity contribution in [1.82, 2.24) is 5.32 Å². The van der Waals surface area contributed by atoms with E-state index in [-0.39, 0.29) is 17.6 Å². The van der Waals surface area contributed by atoms with Crippen molar-refractivity contribution in [3.8, 4) is 5.75 Å². The van der Waals surface area contributed by atoms with Crippen LogP contribution in [0.25, 0.3) is 6.08 Å². The molecule has 2 amide bonds. The molecule has 27 heavy (non-hydrogen) atoms. The number of nitrogens with one attached hydrogen (secondary N) is 2. The molecule has 0 bridgehead atoms. The average Bonchev–Trinajstić information content (AvgIpc) is 2.65. The molecule has 2 aromatic rings. The number of ether oxygens (including phenoxy) is 2. The van der Waals surface area contributed by atoms with Crippen molar-refractivity contribution in [1.29, 1.82) is 0 Å². The molecule has 1 aliphatic heterocycles. The summed E-state index contributed by atoms with van der Waals surface area (Å²) >= 11 is 5.97. The first-order valence-electron chi connectivity index (χ1n) is 8.44. The molecule has 6 nitrogen and oxygen atoms in total. The van der Waals surface area contributed by atoms with Crippen LogP contribution in [-0.2, 0) is 9.53 Å². The number of benzene rings is 2. The van der Waals surface area contributed by atoms with E-state index in [2.05, 4.69) is 10.6 Å². The van der Waals surface area contributed by atoms with Crippen LogP contribution in [0.15, 0.2) is 48.2 Å². The van der Waals surface area contributed by atoms with E-state index in [0.29, 0.717) is 35.2 Å². The van der Waals surface area contributed by atoms with E-state index < -0.39 is 0 Å². The number of rotatable bonds is 6. The lowest BCUT2D eigenvalue weighted by molar-refractivity contribution is -0.115. The zero-order chi connectivity index (χ0) is 19.2. The Morgan fingerprint density at radius 1 is 1.30 bits per heavy atom. The van der Waals surface area contributed by atoms with Gasteiger partial charge in [0.1, 0.15) is 0 Å². The summed E-state index contributed by atoms with van der Waals surface area (Å²) in [6, 6.07) is 12.0. The van der Waals surface area contributed by atoms with Crippen LogP contribution in [-0.4, -0.2) is 32.1 Å². The predicted molar refractivity (Wildman–Crippen MR) is 104 cm³/mol. The third-order valence-corrected chi connectivity index (χ3v) is 4.13. The number of methoxy groups -OCH3 is 1. The number of anilines is 1. The van der Waals surface area contributed by atoms with Gasteiger partial charge in [-0.15, -0.1) is 0 Å². The molecular formula is C20H19ClN2O4.